The molecule has 0 unspecified atom stereocenters. The lowest BCUT2D eigenvalue weighted by Gasteiger charge is -2.15. The van der Waals surface area contributed by atoms with Gasteiger partial charge in [0.15, 0.2) is 0 Å². The Balaban J connectivity index is -0.000000316. The van der Waals surface area contributed by atoms with Crippen LogP contribution in [0.1, 0.15) is 0 Å². The van der Waals surface area contributed by atoms with Crippen LogP contribution in [-0.4, -0.2) is 61.5 Å². The summed E-state index contributed by atoms with van der Waals surface area (Å²) in [6.45, 7) is 6.00. The molecule has 1 aromatic rings. The lowest BCUT2D eigenvalue weighted by Crippen LogP contribution is -2.18. The molecule has 0 aliphatic carbocycles. The zero-order chi connectivity index (χ0) is 17.9. The normalized spacial score (nSPS) is 8.43. The topological polar surface area (TPSA) is 63.2 Å². The maximum atomic E-state index is 5.24. The predicted molar refractivity (Wildman–Crippen MR) is 124 cm³/mol. The molecule has 1 aromatic heterocycles. The molecule has 0 spiro atoms. The van der Waals surface area contributed by atoms with E-state index in [1.54, 1.807) is 0 Å². The minimum atomic E-state index is 0. The molecule has 0 saturated carbocycles. The Bertz CT molecular complexity index is 437. The van der Waals surface area contributed by atoms with Crippen molar-refractivity contribution < 1.29 is 0 Å². The fourth-order valence-electron chi connectivity index (χ4n) is 0.496. The number of thiol groups is 2. The molecular formula is C10H22N6S7. The van der Waals surface area contributed by atoms with Gasteiger partial charge in [-0.1, -0.05) is 24.4 Å². The molecule has 134 valence electrons. The standard InChI is InChI=1S/C6H12N2S4.C2H4N4S2.C2H4.H2S/c1-7(2)5(9)11-12-6(10)8(3)4;3-6-1(7)4-5-2(6)8;1-2;/h1-4H3;3H2,(H,4,7)(H,5,8);1-2H2;1H2. The second-order valence-corrected chi connectivity index (χ2v) is 7.85. The summed E-state index contributed by atoms with van der Waals surface area (Å²) in [5.41, 5.74) is 0. The Hall–Kier alpha value is 0.210. The Labute approximate surface area is 174 Å². The van der Waals surface area contributed by atoms with Gasteiger partial charge in [0.25, 0.3) is 0 Å². The summed E-state index contributed by atoms with van der Waals surface area (Å²) in [6, 6.07) is 0. The van der Waals surface area contributed by atoms with Gasteiger partial charge in [0.05, 0.1) is 0 Å². The van der Waals surface area contributed by atoms with Crippen LogP contribution in [0.15, 0.2) is 23.5 Å². The highest BCUT2D eigenvalue weighted by Crippen LogP contribution is 2.26. The fraction of sp³-hybridized carbons (Fsp3) is 0.400. The maximum Gasteiger partial charge on any atom is 0.207 e. The first-order valence-corrected chi connectivity index (χ1v) is 9.38. The summed E-state index contributed by atoms with van der Waals surface area (Å²) in [6.07, 6.45) is 0. The van der Waals surface area contributed by atoms with Crippen LogP contribution in [0.4, 0.5) is 0 Å². The number of hydrogen-bond acceptors (Lipinski definition) is 9. The SMILES string of the molecule is C=C.CN(C)C(=S)SSC(=S)N(C)C.Nn1c(S)nnc1S.S. The van der Waals surface area contributed by atoms with Gasteiger partial charge in [-0.05, 0) is 21.6 Å². The van der Waals surface area contributed by atoms with Crippen molar-refractivity contribution in [2.45, 2.75) is 10.3 Å². The van der Waals surface area contributed by atoms with E-state index >= 15 is 0 Å². The van der Waals surface area contributed by atoms with E-state index in [-0.39, 0.29) is 13.5 Å². The van der Waals surface area contributed by atoms with Crippen LogP contribution in [-0.2, 0) is 0 Å². The van der Waals surface area contributed by atoms with Crippen LogP contribution >= 0.6 is 84.8 Å². The van der Waals surface area contributed by atoms with Gasteiger partial charge in [-0.15, -0.1) is 48.6 Å². The number of thiocarbonyl (C=S) groups is 2. The molecule has 1 rings (SSSR count). The zero-order valence-electron chi connectivity index (χ0n) is 13.3. The molecule has 0 bridgehead atoms. The fourth-order valence-corrected chi connectivity index (χ4v) is 3.23. The van der Waals surface area contributed by atoms with Crippen molar-refractivity contribution in [2.24, 2.45) is 0 Å². The molecule has 0 aromatic carbocycles. The molecule has 1 heterocycles. The van der Waals surface area contributed by atoms with E-state index in [4.69, 9.17) is 30.3 Å². The van der Waals surface area contributed by atoms with Gasteiger partial charge in [-0.25, -0.2) is 4.68 Å². The highest BCUT2D eigenvalue weighted by atomic mass is 33.1. The highest BCUT2D eigenvalue weighted by Gasteiger charge is 2.05. The van der Waals surface area contributed by atoms with Crippen molar-refractivity contribution in [2.75, 3.05) is 34.0 Å². The molecule has 0 amide bonds. The van der Waals surface area contributed by atoms with Gasteiger partial charge >= 0.3 is 0 Å². The minimum absolute atomic E-state index is 0. The first-order valence-electron chi connectivity index (χ1n) is 5.52. The first-order chi connectivity index (χ1) is 10.2. The molecule has 0 saturated heterocycles. The Morgan fingerprint density at radius 1 is 1.00 bits per heavy atom. The van der Waals surface area contributed by atoms with E-state index in [0.717, 1.165) is 8.64 Å². The van der Waals surface area contributed by atoms with E-state index in [1.165, 1.54) is 26.3 Å². The van der Waals surface area contributed by atoms with Crippen molar-refractivity contribution in [1.29, 1.82) is 0 Å². The van der Waals surface area contributed by atoms with Crippen LogP contribution in [0.3, 0.4) is 0 Å². The van der Waals surface area contributed by atoms with E-state index in [1.807, 2.05) is 38.0 Å². The molecule has 0 radical (unpaired) electrons. The third-order valence-electron chi connectivity index (χ3n) is 1.57. The first kappa shape index (κ1) is 28.0. The Kier molecular flexibility index (Phi) is 19.2. The molecule has 0 aliphatic heterocycles. The number of rotatable bonds is 0. The van der Waals surface area contributed by atoms with E-state index in [9.17, 15) is 0 Å². The smallest absolute Gasteiger partial charge is 0.207 e. The van der Waals surface area contributed by atoms with Gasteiger partial charge in [0, 0.05) is 28.2 Å². The van der Waals surface area contributed by atoms with Crippen molar-refractivity contribution in [3.8, 4) is 0 Å². The lowest BCUT2D eigenvalue weighted by molar-refractivity contribution is 0.647. The number of nitrogens with two attached hydrogens (primary N) is 1. The van der Waals surface area contributed by atoms with Crippen LogP contribution in [0.2, 0.25) is 0 Å². The molecule has 23 heavy (non-hydrogen) atoms. The molecule has 0 fully saturated rings. The van der Waals surface area contributed by atoms with Gasteiger partial charge in [0.2, 0.25) is 10.3 Å². The second kappa shape index (κ2) is 15.7. The lowest BCUT2D eigenvalue weighted by atomic mass is 11.0. The van der Waals surface area contributed by atoms with Gasteiger partial charge in [-0.2, -0.15) is 13.5 Å². The summed E-state index contributed by atoms with van der Waals surface area (Å²) in [5, 5.41) is 7.70. The van der Waals surface area contributed by atoms with Gasteiger partial charge in [0.1, 0.15) is 8.64 Å². The van der Waals surface area contributed by atoms with Crippen LogP contribution < -0.4 is 5.84 Å². The molecule has 0 atom stereocenters. The second-order valence-electron chi connectivity index (χ2n) is 3.66. The molecule has 2 N–H and O–H groups in total. The van der Waals surface area contributed by atoms with E-state index < -0.39 is 0 Å². The number of hydrogen-bond donors (Lipinski definition) is 3. The van der Waals surface area contributed by atoms with Crippen molar-refractivity contribution >= 4 is 93.4 Å². The predicted octanol–water partition coefficient (Wildman–Crippen LogP) is 2.55. The third kappa shape index (κ3) is 13.2. The van der Waals surface area contributed by atoms with Crippen molar-refractivity contribution in [3.05, 3.63) is 13.2 Å². The average Bonchev–Trinajstić information content (AvgIpc) is 2.78. The van der Waals surface area contributed by atoms with Crippen LogP contribution in [0, 0.1) is 0 Å². The molecule has 6 nitrogen and oxygen atoms in total. The van der Waals surface area contributed by atoms with E-state index in [2.05, 4.69) is 48.6 Å². The van der Waals surface area contributed by atoms with Crippen LogP contribution in [0.5, 0.6) is 0 Å². The zero-order valence-corrected chi connectivity index (χ0v) is 19.3. The largest absolute Gasteiger partial charge is 0.363 e. The average molecular weight is 451 g/mol. The van der Waals surface area contributed by atoms with Gasteiger partial charge in [-0.3, -0.25) is 0 Å². The number of aromatic nitrogens is 3. The third-order valence-corrected chi connectivity index (χ3v) is 6.34. The number of nitrogen functional groups attached to an aromatic ring is 1. The summed E-state index contributed by atoms with van der Waals surface area (Å²) < 4.78 is 2.85. The molecule has 0 aliphatic rings. The minimum Gasteiger partial charge on any atom is -0.363 e. The summed E-state index contributed by atoms with van der Waals surface area (Å²) in [4.78, 5) is 3.79. The van der Waals surface area contributed by atoms with Crippen molar-refractivity contribution in [3.63, 3.8) is 0 Å². The Morgan fingerprint density at radius 3 is 1.39 bits per heavy atom. The van der Waals surface area contributed by atoms with Gasteiger partial charge < -0.3 is 15.6 Å². The van der Waals surface area contributed by atoms with Crippen molar-refractivity contribution in [1.82, 2.24) is 24.7 Å². The summed E-state index contributed by atoms with van der Waals surface area (Å²) in [5.74, 6) is 5.24. The monoisotopic (exact) mass is 450 g/mol. The summed E-state index contributed by atoms with van der Waals surface area (Å²) in [7, 11) is 10.7. The van der Waals surface area contributed by atoms with E-state index in [0.29, 0.717) is 10.3 Å². The molecular weight excluding hydrogens is 429 g/mol. The number of nitrogens with zero attached hydrogens (tertiary/aromatic N) is 5. The quantitative estimate of drug-likeness (QED) is 0.182. The Morgan fingerprint density at radius 2 is 1.26 bits per heavy atom. The summed E-state index contributed by atoms with van der Waals surface area (Å²) >= 11 is 17.8. The highest BCUT2D eigenvalue weighted by molar-refractivity contribution is 8.89. The molecule has 13 heteroatoms. The van der Waals surface area contributed by atoms with Crippen LogP contribution in [0.25, 0.3) is 0 Å². The maximum absolute atomic E-state index is 5.24.